The number of carboxylic acids is 1. The van der Waals surface area contributed by atoms with Crippen molar-refractivity contribution in [2.24, 2.45) is 0 Å². The molecule has 3 rings (SSSR count). The molecule has 2 aromatic carbocycles. The Hall–Kier alpha value is -3.74. The number of benzene rings is 2. The Morgan fingerprint density at radius 3 is 2.44 bits per heavy atom. The minimum Gasteiger partial charge on any atom is -0.490 e. The first-order valence-corrected chi connectivity index (χ1v) is 12.6. The maximum atomic E-state index is 15.4. The van der Waals surface area contributed by atoms with Gasteiger partial charge in [-0.2, -0.15) is 0 Å². The summed E-state index contributed by atoms with van der Waals surface area (Å²) in [6.45, 7) is 4.19. The highest BCUT2D eigenvalue weighted by molar-refractivity contribution is 7.14. The van der Waals surface area contributed by atoms with Crippen molar-refractivity contribution >= 4 is 34.4 Å². The van der Waals surface area contributed by atoms with Gasteiger partial charge in [0.05, 0.1) is 25.0 Å². The van der Waals surface area contributed by atoms with E-state index in [9.17, 15) is 18.4 Å². The molecule has 0 aliphatic rings. The molecule has 1 amide bonds. The Labute approximate surface area is 227 Å². The minimum atomic E-state index is -1.52. The van der Waals surface area contributed by atoms with Crippen molar-refractivity contribution in [1.82, 2.24) is 4.98 Å². The van der Waals surface area contributed by atoms with Crippen molar-refractivity contribution in [2.75, 3.05) is 26.1 Å². The summed E-state index contributed by atoms with van der Waals surface area (Å²) in [6, 6.07) is 6.34. The normalized spacial score (nSPS) is 12.5. The van der Waals surface area contributed by atoms with Crippen LogP contribution in [-0.2, 0) is 19.0 Å². The average molecular weight is 565 g/mol. The number of thiazole rings is 1. The lowest BCUT2D eigenvalue weighted by Crippen LogP contribution is -2.13. The van der Waals surface area contributed by atoms with Crippen molar-refractivity contribution < 1.29 is 42.1 Å². The van der Waals surface area contributed by atoms with Crippen LogP contribution in [-0.4, -0.2) is 48.9 Å². The Balaban J connectivity index is 1.80. The SMILES string of the molecule is COC(=Cc1c(F)cc(C(=O)Nc2nc(-c3cccc(C(CCOC(C)C)OC)c3F)cs2)cc1F)C(=O)O. The number of nitrogens with one attached hydrogen (secondary N) is 1. The molecule has 39 heavy (non-hydrogen) atoms. The minimum absolute atomic E-state index is 0.0329. The third kappa shape index (κ3) is 7.43. The summed E-state index contributed by atoms with van der Waals surface area (Å²) in [5.41, 5.74) is -0.269. The largest absolute Gasteiger partial charge is 0.490 e. The fraction of sp³-hybridized carbons (Fsp3) is 0.296. The van der Waals surface area contributed by atoms with Crippen molar-refractivity contribution in [1.29, 1.82) is 0 Å². The lowest BCUT2D eigenvalue weighted by molar-refractivity contribution is -0.135. The molecule has 12 heteroatoms. The van der Waals surface area contributed by atoms with Gasteiger partial charge in [-0.25, -0.2) is 22.9 Å². The van der Waals surface area contributed by atoms with Crippen LogP contribution in [0, 0.1) is 17.5 Å². The van der Waals surface area contributed by atoms with E-state index in [0.717, 1.165) is 30.6 Å². The van der Waals surface area contributed by atoms with Crippen LogP contribution in [0.5, 0.6) is 0 Å². The predicted molar refractivity (Wildman–Crippen MR) is 140 cm³/mol. The molecule has 0 saturated heterocycles. The summed E-state index contributed by atoms with van der Waals surface area (Å²) in [6.07, 6.45) is 0.610. The average Bonchev–Trinajstić information content (AvgIpc) is 3.34. The van der Waals surface area contributed by atoms with E-state index in [1.54, 1.807) is 18.2 Å². The molecule has 0 fully saturated rings. The van der Waals surface area contributed by atoms with Gasteiger partial charge in [-0.3, -0.25) is 10.1 Å². The molecule has 0 spiro atoms. The van der Waals surface area contributed by atoms with Gasteiger partial charge in [-0.15, -0.1) is 11.3 Å². The number of carbonyl (C=O) groups is 2. The summed E-state index contributed by atoms with van der Waals surface area (Å²) in [4.78, 5) is 27.9. The van der Waals surface area contributed by atoms with Crippen LogP contribution < -0.4 is 5.32 Å². The first kappa shape index (κ1) is 29.8. The van der Waals surface area contributed by atoms with Crippen molar-refractivity contribution in [2.45, 2.75) is 32.5 Å². The van der Waals surface area contributed by atoms with Crippen molar-refractivity contribution in [3.05, 3.63) is 75.6 Å². The molecule has 0 saturated carbocycles. The molecule has 0 aliphatic carbocycles. The van der Waals surface area contributed by atoms with Crippen LogP contribution >= 0.6 is 11.3 Å². The van der Waals surface area contributed by atoms with Crippen LogP contribution in [0.3, 0.4) is 0 Å². The van der Waals surface area contributed by atoms with Crippen LogP contribution in [0.2, 0.25) is 0 Å². The lowest BCUT2D eigenvalue weighted by atomic mass is 10.0. The number of methoxy groups -OCH3 is 2. The van der Waals surface area contributed by atoms with Gasteiger partial charge >= 0.3 is 5.97 Å². The van der Waals surface area contributed by atoms with Crippen molar-refractivity contribution in [3.8, 4) is 11.3 Å². The molecule has 1 unspecified atom stereocenters. The Bertz CT molecular complexity index is 1350. The Kier molecular flexibility index (Phi) is 10.2. The second kappa shape index (κ2) is 13.4. The van der Waals surface area contributed by atoms with E-state index in [-0.39, 0.29) is 28.1 Å². The molecule has 2 N–H and O–H groups in total. The molecule has 208 valence electrons. The van der Waals surface area contributed by atoms with Crippen LogP contribution in [0.15, 0.2) is 41.5 Å². The van der Waals surface area contributed by atoms with Crippen LogP contribution in [0.4, 0.5) is 18.3 Å². The maximum absolute atomic E-state index is 15.4. The molecule has 1 atom stereocenters. The smallest absolute Gasteiger partial charge is 0.371 e. The second-order valence-electron chi connectivity index (χ2n) is 8.50. The zero-order valence-corrected chi connectivity index (χ0v) is 22.4. The van der Waals surface area contributed by atoms with Crippen LogP contribution in [0.25, 0.3) is 17.3 Å². The highest BCUT2D eigenvalue weighted by Crippen LogP contribution is 2.33. The number of ether oxygens (including phenoxy) is 3. The quantitative estimate of drug-likeness (QED) is 0.204. The molecular weight excluding hydrogens is 537 g/mol. The van der Waals surface area contributed by atoms with Gasteiger partial charge in [0.15, 0.2) is 5.13 Å². The second-order valence-corrected chi connectivity index (χ2v) is 9.36. The monoisotopic (exact) mass is 564 g/mol. The number of halogens is 3. The number of aliphatic carboxylic acids is 1. The fourth-order valence-corrected chi connectivity index (χ4v) is 4.33. The number of carboxylic acid groups (broad SMARTS) is 1. The maximum Gasteiger partial charge on any atom is 0.371 e. The number of rotatable bonds is 12. The number of hydrogen-bond donors (Lipinski definition) is 2. The highest BCUT2D eigenvalue weighted by atomic mass is 32.1. The number of nitrogens with zero attached hydrogens (tertiary/aromatic N) is 1. The van der Waals surface area contributed by atoms with E-state index < -0.39 is 46.8 Å². The molecule has 0 radical (unpaired) electrons. The van der Waals surface area contributed by atoms with E-state index in [1.165, 1.54) is 12.5 Å². The summed E-state index contributed by atoms with van der Waals surface area (Å²) in [5.74, 6) is -5.92. The standard InChI is InChI=1S/C27H27F3N2O6S/c1-14(2)38-9-8-22(36-3)17-7-5-6-16(24(17)30)21-13-39-27(31-21)32-25(33)15-10-19(28)18(20(29)11-15)12-23(37-4)26(34)35/h5-7,10-14,22H,8-9H2,1-4H3,(H,34,35)(H,31,32,33). The summed E-state index contributed by atoms with van der Waals surface area (Å²) in [5, 5.41) is 13.0. The summed E-state index contributed by atoms with van der Waals surface area (Å²) < 4.78 is 60.0. The first-order chi connectivity index (χ1) is 18.5. The third-order valence-corrected chi connectivity index (χ3v) is 6.30. The highest BCUT2D eigenvalue weighted by Gasteiger charge is 2.21. The predicted octanol–water partition coefficient (Wildman–Crippen LogP) is 6.05. The first-order valence-electron chi connectivity index (χ1n) is 11.7. The molecule has 1 heterocycles. The number of amides is 1. The summed E-state index contributed by atoms with van der Waals surface area (Å²) >= 11 is 1.000. The van der Waals surface area contributed by atoms with E-state index >= 15 is 4.39 Å². The molecule has 3 aromatic rings. The molecule has 8 nitrogen and oxygen atoms in total. The van der Waals surface area contributed by atoms with Gasteiger partial charge in [0.2, 0.25) is 5.76 Å². The fourth-order valence-electron chi connectivity index (χ4n) is 3.62. The third-order valence-electron chi connectivity index (χ3n) is 5.54. The zero-order chi connectivity index (χ0) is 28.7. The zero-order valence-electron chi connectivity index (χ0n) is 21.6. The number of carbonyl (C=O) groups excluding carboxylic acids is 1. The molecule has 0 bridgehead atoms. The summed E-state index contributed by atoms with van der Waals surface area (Å²) in [7, 11) is 2.53. The number of anilines is 1. The van der Waals surface area contributed by atoms with Gasteiger partial charge < -0.3 is 19.3 Å². The molecule has 0 aliphatic heterocycles. The van der Waals surface area contributed by atoms with Gasteiger partial charge in [0.1, 0.15) is 17.5 Å². The number of hydrogen-bond acceptors (Lipinski definition) is 7. The van der Waals surface area contributed by atoms with Crippen LogP contribution in [0.1, 0.15) is 47.9 Å². The van der Waals surface area contributed by atoms with Gasteiger partial charge in [0, 0.05) is 53.8 Å². The molecule has 1 aromatic heterocycles. The van der Waals surface area contributed by atoms with E-state index in [0.29, 0.717) is 24.7 Å². The van der Waals surface area contributed by atoms with E-state index in [1.807, 2.05) is 13.8 Å². The van der Waals surface area contributed by atoms with Gasteiger partial charge in [-0.1, -0.05) is 12.1 Å². The van der Waals surface area contributed by atoms with Gasteiger partial charge in [0.25, 0.3) is 5.91 Å². The number of aromatic nitrogens is 1. The van der Waals surface area contributed by atoms with Gasteiger partial charge in [-0.05, 0) is 32.0 Å². The topological polar surface area (TPSA) is 107 Å². The Morgan fingerprint density at radius 2 is 1.85 bits per heavy atom. The molecular formula is C27H27F3N2O6S. The van der Waals surface area contributed by atoms with E-state index in [2.05, 4.69) is 15.0 Å². The van der Waals surface area contributed by atoms with E-state index in [4.69, 9.17) is 14.6 Å². The lowest BCUT2D eigenvalue weighted by Gasteiger charge is -2.18. The Morgan fingerprint density at radius 1 is 1.15 bits per heavy atom. The van der Waals surface area contributed by atoms with Crippen molar-refractivity contribution in [3.63, 3.8) is 0 Å².